The summed E-state index contributed by atoms with van der Waals surface area (Å²) in [7, 11) is 0. The Morgan fingerprint density at radius 2 is 2.17 bits per heavy atom. The minimum atomic E-state index is -0.503. The summed E-state index contributed by atoms with van der Waals surface area (Å²) in [5.41, 5.74) is 1.88. The van der Waals surface area contributed by atoms with Crippen LogP contribution in [0.3, 0.4) is 0 Å². The second-order valence-electron chi connectivity index (χ2n) is 3.91. The van der Waals surface area contributed by atoms with Gasteiger partial charge in [-0.15, -0.1) is 0 Å². The summed E-state index contributed by atoms with van der Waals surface area (Å²) in [6.45, 7) is 3.80. The van der Waals surface area contributed by atoms with Crippen molar-refractivity contribution in [3.05, 3.63) is 28.2 Å². The summed E-state index contributed by atoms with van der Waals surface area (Å²) in [4.78, 5) is 13.2. The first-order valence-corrected chi connectivity index (χ1v) is 6.53. The van der Waals surface area contributed by atoms with Crippen LogP contribution in [0.4, 0.5) is 10.1 Å². The molecule has 0 aromatic heterocycles. The Morgan fingerprint density at radius 3 is 2.72 bits per heavy atom. The standard InChI is InChI=1S/C13H17BrFNO2/c1-10-9-12(3-4-13(10)14)16(11(2)17)6-8-18-7-5-15/h3-4,9H,5-8H2,1-2H3. The predicted molar refractivity (Wildman–Crippen MR) is 73.7 cm³/mol. The van der Waals surface area contributed by atoms with Gasteiger partial charge in [-0.1, -0.05) is 15.9 Å². The monoisotopic (exact) mass is 317 g/mol. The molecule has 1 aromatic carbocycles. The summed E-state index contributed by atoms with van der Waals surface area (Å²) >= 11 is 3.42. The average molecular weight is 318 g/mol. The molecule has 0 aliphatic heterocycles. The molecule has 0 fully saturated rings. The Bertz CT molecular complexity index is 412. The van der Waals surface area contributed by atoms with E-state index in [1.807, 2.05) is 25.1 Å². The van der Waals surface area contributed by atoms with Crippen molar-refractivity contribution in [2.75, 3.05) is 31.3 Å². The first-order valence-electron chi connectivity index (χ1n) is 5.74. The smallest absolute Gasteiger partial charge is 0.223 e. The minimum absolute atomic E-state index is 0.0550. The number of alkyl halides is 1. The number of carbonyl (C=O) groups is 1. The fourth-order valence-electron chi connectivity index (χ4n) is 1.58. The molecule has 0 saturated heterocycles. The Balaban J connectivity index is 2.71. The highest BCUT2D eigenvalue weighted by molar-refractivity contribution is 9.10. The van der Waals surface area contributed by atoms with Crippen LogP contribution in [0.25, 0.3) is 0 Å². The van der Waals surface area contributed by atoms with Gasteiger partial charge < -0.3 is 9.64 Å². The predicted octanol–water partition coefficient (Wildman–Crippen LogP) is 3.10. The number of aryl methyl sites for hydroxylation is 1. The van der Waals surface area contributed by atoms with Crippen LogP contribution in [0.5, 0.6) is 0 Å². The molecule has 0 bridgehead atoms. The third-order valence-electron chi connectivity index (χ3n) is 2.51. The van der Waals surface area contributed by atoms with Crippen molar-refractivity contribution in [2.24, 2.45) is 0 Å². The lowest BCUT2D eigenvalue weighted by molar-refractivity contribution is -0.116. The molecule has 5 heteroatoms. The van der Waals surface area contributed by atoms with Crippen molar-refractivity contribution in [3.63, 3.8) is 0 Å². The van der Waals surface area contributed by atoms with E-state index >= 15 is 0 Å². The third-order valence-corrected chi connectivity index (χ3v) is 3.40. The highest BCUT2D eigenvalue weighted by Crippen LogP contribution is 2.23. The van der Waals surface area contributed by atoms with E-state index in [1.165, 1.54) is 6.92 Å². The maximum absolute atomic E-state index is 11.9. The highest BCUT2D eigenvalue weighted by Gasteiger charge is 2.11. The molecule has 0 saturated carbocycles. The Morgan fingerprint density at radius 1 is 1.44 bits per heavy atom. The van der Waals surface area contributed by atoms with E-state index in [-0.39, 0.29) is 12.5 Å². The molecule has 100 valence electrons. The number of rotatable bonds is 6. The normalized spacial score (nSPS) is 10.4. The molecule has 0 N–H and O–H groups in total. The van der Waals surface area contributed by atoms with Crippen molar-refractivity contribution < 1.29 is 13.9 Å². The molecule has 0 heterocycles. The van der Waals surface area contributed by atoms with Gasteiger partial charge in [0, 0.05) is 23.6 Å². The number of carbonyl (C=O) groups excluding carboxylic acids is 1. The van der Waals surface area contributed by atoms with Crippen LogP contribution in [0.1, 0.15) is 12.5 Å². The van der Waals surface area contributed by atoms with Crippen molar-refractivity contribution in [1.82, 2.24) is 0 Å². The van der Waals surface area contributed by atoms with Crippen molar-refractivity contribution in [2.45, 2.75) is 13.8 Å². The Kier molecular flexibility index (Phi) is 6.29. The summed E-state index contributed by atoms with van der Waals surface area (Å²) in [6.07, 6.45) is 0. The van der Waals surface area contributed by atoms with Crippen molar-refractivity contribution >= 4 is 27.5 Å². The zero-order valence-electron chi connectivity index (χ0n) is 10.6. The van der Waals surface area contributed by atoms with E-state index in [4.69, 9.17) is 4.74 Å². The zero-order chi connectivity index (χ0) is 13.5. The van der Waals surface area contributed by atoms with Crippen LogP contribution in [-0.2, 0) is 9.53 Å². The van der Waals surface area contributed by atoms with Gasteiger partial charge in [0.1, 0.15) is 6.67 Å². The minimum Gasteiger partial charge on any atom is -0.377 e. The molecule has 0 aliphatic rings. The van der Waals surface area contributed by atoms with Crippen LogP contribution in [0.15, 0.2) is 22.7 Å². The maximum atomic E-state index is 11.9. The second kappa shape index (κ2) is 7.48. The lowest BCUT2D eigenvalue weighted by atomic mass is 10.2. The number of anilines is 1. The highest BCUT2D eigenvalue weighted by atomic mass is 79.9. The van der Waals surface area contributed by atoms with E-state index in [2.05, 4.69) is 15.9 Å². The van der Waals surface area contributed by atoms with E-state index in [1.54, 1.807) is 4.90 Å². The van der Waals surface area contributed by atoms with Gasteiger partial charge in [-0.3, -0.25) is 4.79 Å². The van der Waals surface area contributed by atoms with Crippen LogP contribution < -0.4 is 4.90 Å². The first-order chi connectivity index (χ1) is 8.56. The van der Waals surface area contributed by atoms with Crippen LogP contribution in [0, 0.1) is 6.92 Å². The van der Waals surface area contributed by atoms with E-state index in [9.17, 15) is 9.18 Å². The number of hydrogen-bond acceptors (Lipinski definition) is 2. The molecule has 0 aliphatic carbocycles. The summed E-state index contributed by atoms with van der Waals surface area (Å²) in [5, 5.41) is 0. The summed E-state index contributed by atoms with van der Waals surface area (Å²) in [6, 6.07) is 5.71. The SMILES string of the molecule is CC(=O)N(CCOCCF)c1ccc(Br)c(C)c1. The first kappa shape index (κ1) is 15.1. The fourth-order valence-corrected chi connectivity index (χ4v) is 1.82. The third kappa shape index (κ3) is 4.38. The number of benzene rings is 1. The molecule has 3 nitrogen and oxygen atoms in total. The van der Waals surface area contributed by atoms with Gasteiger partial charge in [-0.25, -0.2) is 4.39 Å². The molecular weight excluding hydrogens is 301 g/mol. The average Bonchev–Trinajstić information content (AvgIpc) is 2.32. The van der Waals surface area contributed by atoms with Crippen LogP contribution >= 0.6 is 15.9 Å². The van der Waals surface area contributed by atoms with E-state index < -0.39 is 6.67 Å². The quantitative estimate of drug-likeness (QED) is 0.754. The molecule has 0 spiro atoms. The van der Waals surface area contributed by atoms with Crippen molar-refractivity contribution in [3.8, 4) is 0 Å². The fraction of sp³-hybridized carbons (Fsp3) is 0.462. The lowest BCUT2D eigenvalue weighted by Gasteiger charge is -2.21. The molecule has 0 radical (unpaired) electrons. The number of amides is 1. The van der Waals surface area contributed by atoms with Gasteiger partial charge in [0.2, 0.25) is 5.91 Å². The van der Waals surface area contributed by atoms with Crippen LogP contribution in [0.2, 0.25) is 0 Å². The molecule has 1 rings (SSSR count). The maximum Gasteiger partial charge on any atom is 0.223 e. The van der Waals surface area contributed by atoms with Gasteiger partial charge in [-0.05, 0) is 30.7 Å². The number of halogens is 2. The topological polar surface area (TPSA) is 29.5 Å². The van der Waals surface area contributed by atoms with Gasteiger partial charge in [-0.2, -0.15) is 0 Å². The zero-order valence-corrected chi connectivity index (χ0v) is 12.2. The molecule has 0 unspecified atom stereocenters. The molecule has 0 atom stereocenters. The molecule has 1 amide bonds. The molecular formula is C13H17BrFNO2. The van der Waals surface area contributed by atoms with Gasteiger partial charge in [0.25, 0.3) is 0 Å². The number of nitrogens with zero attached hydrogens (tertiary/aromatic N) is 1. The van der Waals surface area contributed by atoms with Gasteiger partial charge >= 0.3 is 0 Å². The lowest BCUT2D eigenvalue weighted by Crippen LogP contribution is -2.32. The number of ether oxygens (including phenoxy) is 1. The van der Waals surface area contributed by atoms with E-state index in [0.717, 1.165) is 15.7 Å². The number of hydrogen-bond donors (Lipinski definition) is 0. The van der Waals surface area contributed by atoms with E-state index in [0.29, 0.717) is 13.2 Å². The second-order valence-corrected chi connectivity index (χ2v) is 4.76. The Hall–Kier alpha value is -0.940. The van der Waals surface area contributed by atoms with Crippen LogP contribution in [-0.4, -0.2) is 32.3 Å². The summed E-state index contributed by atoms with van der Waals surface area (Å²) in [5.74, 6) is -0.0550. The van der Waals surface area contributed by atoms with Gasteiger partial charge in [0.15, 0.2) is 0 Å². The van der Waals surface area contributed by atoms with Gasteiger partial charge in [0.05, 0.1) is 13.2 Å². The summed E-state index contributed by atoms with van der Waals surface area (Å²) < 4.78 is 17.9. The Labute approximate surface area is 115 Å². The molecule has 1 aromatic rings. The largest absolute Gasteiger partial charge is 0.377 e. The van der Waals surface area contributed by atoms with Crippen molar-refractivity contribution in [1.29, 1.82) is 0 Å². The molecule has 18 heavy (non-hydrogen) atoms.